The molecule has 0 fully saturated rings. The van der Waals surface area contributed by atoms with Crippen molar-refractivity contribution >= 4 is 10.0 Å². The van der Waals surface area contributed by atoms with Crippen molar-refractivity contribution in [2.45, 2.75) is 12.6 Å². The fourth-order valence-electron chi connectivity index (χ4n) is 2.74. The average molecular weight is 470 g/mol. The molecular weight excluding hydrogens is 449 g/mol. The number of nitrogens with one attached hydrogen (secondary N) is 1. The first-order chi connectivity index (χ1) is 15.1. The van der Waals surface area contributed by atoms with Crippen molar-refractivity contribution in [3.63, 3.8) is 0 Å². The molecule has 0 saturated heterocycles. The lowest BCUT2D eigenvalue weighted by Crippen LogP contribution is -2.24. The summed E-state index contributed by atoms with van der Waals surface area (Å²) in [7, 11) is -1.76. The molecule has 8 nitrogen and oxygen atoms in total. The monoisotopic (exact) mass is 470 g/mol. The number of alkyl halides is 3. The second-order valence-corrected chi connectivity index (χ2v) is 8.59. The van der Waals surface area contributed by atoms with Crippen LogP contribution in [-0.4, -0.2) is 49.7 Å². The molecule has 32 heavy (non-hydrogen) atoms. The van der Waals surface area contributed by atoms with E-state index in [1.165, 1.54) is 7.11 Å². The first-order valence-corrected chi connectivity index (χ1v) is 11.3. The van der Waals surface area contributed by atoms with E-state index >= 15 is 0 Å². The molecular formula is C20H21F3N4O4S. The Morgan fingerprint density at radius 2 is 1.66 bits per heavy atom. The number of benzene rings is 2. The van der Waals surface area contributed by atoms with Crippen LogP contribution in [0.2, 0.25) is 0 Å². The molecule has 0 spiro atoms. The van der Waals surface area contributed by atoms with Crippen molar-refractivity contribution in [1.29, 1.82) is 0 Å². The number of nitrogens with zero attached hydrogens (tertiary/aromatic N) is 3. The zero-order valence-corrected chi connectivity index (χ0v) is 18.1. The van der Waals surface area contributed by atoms with Gasteiger partial charge in [0.1, 0.15) is 11.5 Å². The van der Waals surface area contributed by atoms with E-state index < -0.39 is 22.0 Å². The van der Waals surface area contributed by atoms with Gasteiger partial charge in [-0.25, -0.2) is 22.8 Å². The number of hydrogen-bond donors (Lipinski definition) is 1. The van der Waals surface area contributed by atoms with Crippen molar-refractivity contribution in [2.24, 2.45) is 0 Å². The largest absolute Gasteiger partial charge is 0.497 e. The zero-order valence-electron chi connectivity index (χ0n) is 17.3. The molecule has 1 heterocycles. The first kappa shape index (κ1) is 23.5. The summed E-state index contributed by atoms with van der Waals surface area (Å²) in [4.78, 5) is 3.70. The van der Waals surface area contributed by atoms with Gasteiger partial charge in [0.15, 0.2) is 5.82 Å². The lowest BCUT2D eigenvalue weighted by atomic mass is 10.2. The third-order valence-corrected chi connectivity index (χ3v) is 4.97. The van der Waals surface area contributed by atoms with Gasteiger partial charge in [0.2, 0.25) is 10.0 Å². The Balaban J connectivity index is 1.79. The minimum atomic E-state index is -4.70. The quantitative estimate of drug-likeness (QED) is 0.483. The number of hydrogen-bond acceptors (Lipinski definition) is 6. The Labute approximate surface area is 183 Å². The Bertz CT molecular complexity index is 1150. The predicted molar refractivity (Wildman–Crippen MR) is 111 cm³/mol. The summed E-state index contributed by atoms with van der Waals surface area (Å²) in [6, 6.07) is 12.7. The zero-order chi connectivity index (χ0) is 23.4. The van der Waals surface area contributed by atoms with Crippen molar-refractivity contribution in [1.82, 2.24) is 19.5 Å². The number of ether oxygens (including phenoxy) is 2. The lowest BCUT2D eigenvalue weighted by molar-refractivity contribution is -0.144. The van der Waals surface area contributed by atoms with Crippen LogP contribution in [0, 0.1) is 0 Å². The summed E-state index contributed by atoms with van der Waals surface area (Å²) in [6.45, 7) is 0.504. The maximum Gasteiger partial charge on any atom is 0.453 e. The van der Waals surface area contributed by atoms with Gasteiger partial charge < -0.3 is 9.47 Å². The second kappa shape index (κ2) is 9.57. The van der Waals surface area contributed by atoms with Gasteiger partial charge in [0, 0.05) is 12.1 Å². The van der Waals surface area contributed by atoms with Crippen molar-refractivity contribution in [3.05, 3.63) is 54.4 Å². The molecule has 0 aliphatic carbocycles. The predicted octanol–water partition coefficient (Wildman–Crippen LogP) is 3.28. The number of halogens is 3. The highest BCUT2D eigenvalue weighted by atomic mass is 32.2. The highest BCUT2D eigenvalue weighted by Crippen LogP contribution is 2.31. The van der Waals surface area contributed by atoms with Crippen LogP contribution in [0.25, 0.3) is 17.1 Å². The summed E-state index contributed by atoms with van der Waals surface area (Å²) >= 11 is 0. The van der Waals surface area contributed by atoms with Crippen molar-refractivity contribution < 1.29 is 31.1 Å². The number of aromatic nitrogens is 3. The lowest BCUT2D eigenvalue weighted by Gasteiger charge is -2.09. The van der Waals surface area contributed by atoms with Crippen LogP contribution in [0.15, 0.2) is 48.5 Å². The van der Waals surface area contributed by atoms with Crippen LogP contribution in [0.4, 0.5) is 13.2 Å². The number of rotatable bonds is 9. The molecule has 172 valence electrons. The minimum Gasteiger partial charge on any atom is -0.497 e. The Kier molecular flexibility index (Phi) is 7.04. The van der Waals surface area contributed by atoms with Crippen LogP contribution >= 0.6 is 0 Å². The number of methoxy groups -OCH3 is 1. The fraction of sp³-hybridized carbons (Fsp3) is 0.300. The number of sulfonamides is 1. The van der Waals surface area contributed by atoms with Gasteiger partial charge in [-0.2, -0.15) is 13.2 Å². The summed E-state index contributed by atoms with van der Waals surface area (Å²) in [5, 5.41) is 3.65. The molecule has 0 radical (unpaired) electrons. The molecule has 3 aromatic rings. The van der Waals surface area contributed by atoms with Crippen molar-refractivity contribution in [2.75, 3.05) is 26.5 Å². The van der Waals surface area contributed by atoms with E-state index in [0.717, 1.165) is 10.9 Å². The van der Waals surface area contributed by atoms with E-state index in [1.807, 2.05) is 0 Å². The second-order valence-electron chi connectivity index (χ2n) is 6.76. The van der Waals surface area contributed by atoms with E-state index in [2.05, 4.69) is 14.8 Å². The molecule has 12 heteroatoms. The molecule has 0 atom stereocenters. The molecule has 1 N–H and O–H groups in total. The fourth-order valence-corrected chi connectivity index (χ4v) is 3.26. The van der Waals surface area contributed by atoms with Crippen LogP contribution in [0.5, 0.6) is 11.5 Å². The topological polar surface area (TPSA) is 95.3 Å². The molecule has 0 amide bonds. The summed E-state index contributed by atoms with van der Waals surface area (Å²) in [6.07, 6.45) is -3.17. The summed E-state index contributed by atoms with van der Waals surface area (Å²) in [5.41, 5.74) is 0.803. The Hall–Kier alpha value is -3.12. The van der Waals surface area contributed by atoms with E-state index in [-0.39, 0.29) is 19.0 Å². The maximum absolute atomic E-state index is 13.3. The smallest absolute Gasteiger partial charge is 0.453 e. The SMILES string of the molecule is COc1ccc(-n2nc(C(F)(F)F)nc2-c2ccc(OCCCNS(C)(=O)=O)cc2)cc1. The van der Waals surface area contributed by atoms with Gasteiger partial charge in [-0.3, -0.25) is 0 Å². The van der Waals surface area contributed by atoms with Crippen molar-refractivity contribution in [3.8, 4) is 28.6 Å². The third-order valence-electron chi connectivity index (χ3n) is 4.24. The highest BCUT2D eigenvalue weighted by Gasteiger charge is 2.37. The average Bonchev–Trinajstić information content (AvgIpc) is 3.19. The van der Waals surface area contributed by atoms with E-state index in [4.69, 9.17) is 9.47 Å². The van der Waals surface area contributed by atoms with Gasteiger partial charge >= 0.3 is 6.18 Å². The van der Waals surface area contributed by atoms with E-state index in [0.29, 0.717) is 29.2 Å². The van der Waals surface area contributed by atoms with Gasteiger partial charge in [0.25, 0.3) is 5.82 Å². The van der Waals surface area contributed by atoms with Crippen LogP contribution in [-0.2, 0) is 16.2 Å². The summed E-state index contributed by atoms with van der Waals surface area (Å²) < 4.78 is 75.9. The van der Waals surface area contributed by atoms with Gasteiger partial charge in [-0.15, -0.1) is 5.10 Å². The van der Waals surface area contributed by atoms with Crippen LogP contribution in [0.1, 0.15) is 12.2 Å². The molecule has 3 rings (SSSR count). The van der Waals surface area contributed by atoms with Gasteiger partial charge in [0.05, 0.1) is 25.7 Å². The first-order valence-electron chi connectivity index (χ1n) is 9.43. The maximum atomic E-state index is 13.3. The van der Waals surface area contributed by atoms with E-state index in [9.17, 15) is 21.6 Å². The third kappa shape index (κ3) is 6.20. The minimum absolute atomic E-state index is 0.0198. The van der Waals surface area contributed by atoms with Crippen LogP contribution < -0.4 is 14.2 Å². The standard InChI is InChI=1S/C20H21F3N4O4S/c1-30-16-10-6-15(7-11-16)27-18(25-19(26-27)20(21,22)23)14-4-8-17(9-5-14)31-13-3-12-24-32(2,28)29/h4-11,24H,3,12-13H2,1-2H3. The van der Waals surface area contributed by atoms with Crippen LogP contribution in [0.3, 0.4) is 0 Å². The Morgan fingerprint density at radius 1 is 1.03 bits per heavy atom. The van der Waals surface area contributed by atoms with Gasteiger partial charge in [-0.05, 0) is 55.0 Å². The Morgan fingerprint density at radius 3 is 2.22 bits per heavy atom. The highest BCUT2D eigenvalue weighted by molar-refractivity contribution is 7.88. The van der Waals surface area contributed by atoms with E-state index in [1.54, 1.807) is 48.5 Å². The molecule has 0 aliphatic heterocycles. The molecule has 0 saturated carbocycles. The summed E-state index contributed by atoms with van der Waals surface area (Å²) in [5.74, 6) is -0.187. The molecule has 2 aromatic carbocycles. The molecule has 0 bridgehead atoms. The normalized spacial score (nSPS) is 12.0. The molecule has 0 unspecified atom stereocenters. The van der Waals surface area contributed by atoms with Gasteiger partial charge in [-0.1, -0.05) is 0 Å². The molecule has 1 aromatic heterocycles. The molecule has 0 aliphatic rings.